The molecule has 2 heterocycles. The van der Waals surface area contributed by atoms with Gasteiger partial charge in [-0.15, -0.1) is 0 Å². The first-order chi connectivity index (χ1) is 7.35. The lowest BCUT2D eigenvalue weighted by Gasteiger charge is -2.01. The Hall–Kier alpha value is -1.84. The van der Waals surface area contributed by atoms with E-state index in [1.54, 1.807) is 12.4 Å². The molecule has 2 N–H and O–H groups in total. The van der Waals surface area contributed by atoms with Gasteiger partial charge in [-0.3, -0.25) is 0 Å². The maximum atomic E-state index is 5.09. The number of nitrogens with zero attached hydrogens (tertiary/aromatic N) is 3. The summed E-state index contributed by atoms with van der Waals surface area (Å²) < 4.78 is 2.15. The maximum absolute atomic E-state index is 5.09. The van der Waals surface area contributed by atoms with Crippen molar-refractivity contribution in [3.05, 3.63) is 30.1 Å². The van der Waals surface area contributed by atoms with Gasteiger partial charge in [-0.25, -0.2) is 4.98 Å². The van der Waals surface area contributed by atoms with E-state index in [0.717, 1.165) is 29.6 Å². The first-order valence-electron chi connectivity index (χ1n) is 5.03. The Bertz CT molecular complexity index is 484. The number of hydrogen-bond acceptors (Lipinski definition) is 3. The quantitative estimate of drug-likeness (QED) is 0.468. The van der Waals surface area contributed by atoms with Gasteiger partial charge in [0.2, 0.25) is 0 Å². The molecule has 0 aromatic carbocycles. The molecule has 0 radical (unpaired) electrons. The Kier molecular flexibility index (Phi) is 2.67. The molecule has 0 aliphatic rings. The van der Waals surface area contributed by atoms with Crippen LogP contribution in [0.1, 0.15) is 18.9 Å². The van der Waals surface area contributed by atoms with Crippen molar-refractivity contribution in [3.8, 4) is 0 Å². The number of aromatic nitrogens is 2. The van der Waals surface area contributed by atoms with Gasteiger partial charge in [-0.05, 0) is 18.6 Å². The summed E-state index contributed by atoms with van der Waals surface area (Å²) in [4.78, 5) is 4.39. The smallest absolute Gasteiger partial charge is 0.139 e. The number of hydrogen-bond donors (Lipinski definition) is 1. The first-order valence-corrected chi connectivity index (χ1v) is 5.03. The van der Waals surface area contributed by atoms with E-state index in [-0.39, 0.29) is 0 Å². The highest BCUT2D eigenvalue weighted by Gasteiger charge is 2.01. The van der Waals surface area contributed by atoms with Crippen molar-refractivity contribution < 1.29 is 0 Å². The van der Waals surface area contributed by atoms with E-state index in [9.17, 15) is 0 Å². The molecule has 2 rings (SSSR count). The Morgan fingerprint density at radius 1 is 1.60 bits per heavy atom. The summed E-state index contributed by atoms with van der Waals surface area (Å²) in [6, 6.07) is 4.09. The van der Waals surface area contributed by atoms with E-state index in [1.807, 2.05) is 6.07 Å². The highest BCUT2D eigenvalue weighted by molar-refractivity contribution is 5.86. The second kappa shape index (κ2) is 4.13. The minimum atomic E-state index is 0.930. The molecule has 0 aliphatic carbocycles. The molecular formula is C11H14N4. The summed E-state index contributed by atoms with van der Waals surface area (Å²) in [6.45, 7) is 3.15. The van der Waals surface area contributed by atoms with Gasteiger partial charge in [0, 0.05) is 29.9 Å². The van der Waals surface area contributed by atoms with E-state index in [4.69, 9.17) is 5.84 Å². The molecule has 0 spiro atoms. The molecule has 0 aliphatic heterocycles. The molecule has 0 atom stereocenters. The summed E-state index contributed by atoms with van der Waals surface area (Å²) in [5.74, 6) is 5.09. The van der Waals surface area contributed by atoms with Crippen molar-refractivity contribution >= 4 is 17.2 Å². The van der Waals surface area contributed by atoms with Crippen molar-refractivity contribution in [1.29, 1.82) is 0 Å². The molecule has 4 nitrogen and oxygen atoms in total. The van der Waals surface area contributed by atoms with Crippen molar-refractivity contribution in [1.82, 2.24) is 9.55 Å². The molecule has 15 heavy (non-hydrogen) atoms. The van der Waals surface area contributed by atoms with Gasteiger partial charge < -0.3 is 10.4 Å². The molecule has 0 saturated carbocycles. The average Bonchev–Trinajstić information content (AvgIpc) is 2.62. The molecule has 2 aromatic heterocycles. The Morgan fingerprint density at radius 3 is 3.20 bits per heavy atom. The van der Waals surface area contributed by atoms with Crippen LogP contribution in [-0.2, 0) is 6.54 Å². The number of aryl methyl sites for hydroxylation is 1. The molecule has 0 bridgehead atoms. The number of rotatable bonds is 3. The first kappa shape index (κ1) is 9.71. The summed E-state index contributed by atoms with van der Waals surface area (Å²) in [6.07, 6.45) is 6.55. The second-order valence-electron chi connectivity index (χ2n) is 3.47. The third-order valence-electron chi connectivity index (χ3n) is 2.31. The third kappa shape index (κ3) is 1.83. The number of hydrazone groups is 1. The monoisotopic (exact) mass is 202 g/mol. The Labute approximate surface area is 88.4 Å². The average molecular weight is 202 g/mol. The van der Waals surface area contributed by atoms with Crippen LogP contribution in [0.5, 0.6) is 0 Å². The second-order valence-corrected chi connectivity index (χ2v) is 3.47. The zero-order valence-corrected chi connectivity index (χ0v) is 8.72. The molecule has 0 unspecified atom stereocenters. The zero-order valence-electron chi connectivity index (χ0n) is 8.72. The van der Waals surface area contributed by atoms with Crippen LogP contribution in [-0.4, -0.2) is 15.8 Å². The normalized spacial score (nSPS) is 11.5. The van der Waals surface area contributed by atoms with E-state index in [0.29, 0.717) is 0 Å². The molecule has 78 valence electrons. The Morgan fingerprint density at radius 2 is 2.47 bits per heavy atom. The largest absolute Gasteiger partial charge is 0.333 e. The zero-order chi connectivity index (χ0) is 10.7. The summed E-state index contributed by atoms with van der Waals surface area (Å²) in [7, 11) is 0. The highest BCUT2D eigenvalue weighted by atomic mass is 15.1. The summed E-state index contributed by atoms with van der Waals surface area (Å²) >= 11 is 0. The van der Waals surface area contributed by atoms with E-state index < -0.39 is 0 Å². The molecule has 0 fully saturated rings. The van der Waals surface area contributed by atoms with Gasteiger partial charge in [0.05, 0.1) is 6.21 Å². The van der Waals surface area contributed by atoms with Crippen LogP contribution in [0, 0.1) is 0 Å². The third-order valence-corrected chi connectivity index (χ3v) is 2.31. The van der Waals surface area contributed by atoms with Gasteiger partial charge in [0.1, 0.15) is 5.65 Å². The summed E-state index contributed by atoms with van der Waals surface area (Å²) in [5.41, 5.74) is 1.95. The molecule has 0 amide bonds. The predicted octanol–water partition coefficient (Wildman–Crippen LogP) is 1.74. The molecule has 0 saturated heterocycles. The van der Waals surface area contributed by atoms with Gasteiger partial charge in [-0.1, -0.05) is 6.92 Å². The SMILES string of the molecule is CCCn1ccc2cc(C=NN)cnc21. The van der Waals surface area contributed by atoms with Crippen LogP contribution in [0.15, 0.2) is 29.6 Å². The molecule has 2 aromatic rings. The van der Waals surface area contributed by atoms with Crippen molar-refractivity contribution in [2.75, 3.05) is 0 Å². The van der Waals surface area contributed by atoms with Crippen LogP contribution in [0.3, 0.4) is 0 Å². The van der Waals surface area contributed by atoms with E-state index in [1.165, 1.54) is 0 Å². The number of fused-ring (bicyclic) bond motifs is 1. The predicted molar refractivity (Wildman–Crippen MR) is 61.8 cm³/mol. The lowest BCUT2D eigenvalue weighted by Crippen LogP contribution is -1.96. The fourth-order valence-electron chi connectivity index (χ4n) is 1.67. The van der Waals surface area contributed by atoms with Gasteiger partial charge in [0.15, 0.2) is 0 Å². The minimum Gasteiger partial charge on any atom is -0.333 e. The van der Waals surface area contributed by atoms with Crippen LogP contribution in [0.25, 0.3) is 11.0 Å². The van der Waals surface area contributed by atoms with Crippen molar-refractivity contribution in [3.63, 3.8) is 0 Å². The lowest BCUT2D eigenvalue weighted by molar-refractivity contribution is 0.697. The highest BCUT2D eigenvalue weighted by Crippen LogP contribution is 2.14. The van der Waals surface area contributed by atoms with Crippen LogP contribution >= 0.6 is 0 Å². The maximum Gasteiger partial charge on any atom is 0.139 e. The van der Waals surface area contributed by atoms with E-state index >= 15 is 0 Å². The van der Waals surface area contributed by atoms with Crippen molar-refractivity contribution in [2.24, 2.45) is 10.9 Å². The van der Waals surface area contributed by atoms with Crippen LogP contribution in [0.2, 0.25) is 0 Å². The fourth-order valence-corrected chi connectivity index (χ4v) is 1.67. The van der Waals surface area contributed by atoms with Gasteiger partial charge in [-0.2, -0.15) is 5.10 Å². The lowest BCUT2D eigenvalue weighted by atomic mass is 10.2. The van der Waals surface area contributed by atoms with Crippen molar-refractivity contribution in [2.45, 2.75) is 19.9 Å². The van der Waals surface area contributed by atoms with Gasteiger partial charge in [0.25, 0.3) is 0 Å². The number of nitrogens with two attached hydrogens (primary N) is 1. The Balaban J connectivity index is 2.46. The molecule has 4 heteroatoms. The van der Waals surface area contributed by atoms with E-state index in [2.05, 4.69) is 33.8 Å². The molecular weight excluding hydrogens is 188 g/mol. The summed E-state index contributed by atoms with van der Waals surface area (Å²) in [5, 5.41) is 4.61. The number of pyridine rings is 1. The topological polar surface area (TPSA) is 56.2 Å². The van der Waals surface area contributed by atoms with Crippen LogP contribution < -0.4 is 5.84 Å². The minimum absolute atomic E-state index is 0.930. The fraction of sp³-hybridized carbons (Fsp3) is 0.273. The van der Waals surface area contributed by atoms with Crippen LogP contribution in [0.4, 0.5) is 0 Å². The van der Waals surface area contributed by atoms with Gasteiger partial charge >= 0.3 is 0 Å². The standard InChI is InChI=1S/C11H14N4/c1-2-4-15-5-3-10-6-9(8-14-12)7-13-11(10)15/h3,5-8H,2,4,12H2,1H3.